The van der Waals surface area contributed by atoms with Gasteiger partial charge in [-0.2, -0.15) is 0 Å². The smallest absolute Gasteiger partial charge is 0.330 e. The molecule has 19 heavy (non-hydrogen) atoms. The fourth-order valence-electron chi connectivity index (χ4n) is 0.745. The summed E-state index contributed by atoms with van der Waals surface area (Å²) in [6.07, 6.45) is -0.567. The fourth-order valence-corrected chi connectivity index (χ4v) is 0.745. The number of aliphatic carboxylic acids is 1. The summed E-state index contributed by atoms with van der Waals surface area (Å²) in [4.78, 5) is 9.60. The Kier molecular flexibility index (Phi) is 16.1. The Morgan fingerprint density at radius 3 is 2.16 bits per heavy atom. The molecule has 0 aliphatic heterocycles. The van der Waals surface area contributed by atoms with Crippen molar-refractivity contribution in [1.82, 2.24) is 0 Å². The minimum absolute atomic E-state index is 0.00882. The molecule has 0 aliphatic carbocycles. The van der Waals surface area contributed by atoms with E-state index in [-0.39, 0.29) is 18.8 Å². The number of hydrogen-bond donors (Lipinski definition) is 3. The molecule has 0 aromatic rings. The van der Waals surface area contributed by atoms with Crippen LogP contribution >= 0.6 is 0 Å². The molecule has 1 unspecified atom stereocenters. The van der Waals surface area contributed by atoms with Crippen molar-refractivity contribution in [2.75, 3.05) is 39.6 Å². The van der Waals surface area contributed by atoms with E-state index in [0.29, 0.717) is 26.4 Å². The van der Waals surface area contributed by atoms with Gasteiger partial charge in [0.25, 0.3) is 0 Å². The second-order valence-electron chi connectivity index (χ2n) is 3.36. The lowest BCUT2D eigenvalue weighted by Gasteiger charge is -2.14. The van der Waals surface area contributed by atoms with Crippen LogP contribution in [0.15, 0.2) is 12.2 Å². The van der Waals surface area contributed by atoms with E-state index in [9.17, 15) is 4.79 Å². The summed E-state index contributed by atoms with van der Waals surface area (Å²) in [6, 6.07) is 0. The fraction of sp³-hybridized carbons (Fsp3) is 0.750. The normalized spacial score (nSPS) is 11.4. The van der Waals surface area contributed by atoms with Gasteiger partial charge in [0.1, 0.15) is 0 Å². The first-order valence-electron chi connectivity index (χ1n) is 5.91. The number of aliphatic hydroxyl groups excluding tert-OH is 2. The standard InChI is InChI=1S/C8H18O5.C4H6O2/c1-2-12-8(7-10)13-6-5-11-4-3-9;1-3(2)4(5)6/h8-10H,2-7H2,1H3;1H2,2H3,(H,5,6). The number of carbonyl (C=O) groups is 1. The lowest BCUT2D eigenvalue weighted by atomic mass is 10.4. The number of hydrogen-bond acceptors (Lipinski definition) is 6. The summed E-state index contributed by atoms with van der Waals surface area (Å²) in [5.74, 6) is -0.935. The molecule has 7 nitrogen and oxygen atoms in total. The van der Waals surface area contributed by atoms with Gasteiger partial charge in [0.05, 0.1) is 33.0 Å². The summed E-state index contributed by atoms with van der Waals surface area (Å²) in [7, 11) is 0. The van der Waals surface area contributed by atoms with E-state index in [0.717, 1.165) is 0 Å². The number of rotatable bonds is 10. The average Bonchev–Trinajstić information content (AvgIpc) is 2.37. The zero-order chi connectivity index (χ0) is 15.1. The maximum Gasteiger partial charge on any atom is 0.330 e. The molecule has 7 heteroatoms. The Balaban J connectivity index is 0. The average molecular weight is 280 g/mol. The first-order chi connectivity index (χ1) is 8.99. The number of carboxylic acid groups (broad SMARTS) is 1. The SMILES string of the molecule is C=C(C)C(=O)O.CCOC(CO)OCCOCCO. The molecular weight excluding hydrogens is 256 g/mol. The van der Waals surface area contributed by atoms with Gasteiger partial charge in [-0.05, 0) is 13.8 Å². The predicted octanol–water partition coefficient (Wildman–Crippen LogP) is 0.0139. The first-order valence-corrected chi connectivity index (χ1v) is 5.91. The van der Waals surface area contributed by atoms with E-state index in [1.165, 1.54) is 6.92 Å². The van der Waals surface area contributed by atoms with Crippen molar-refractivity contribution in [3.05, 3.63) is 12.2 Å². The van der Waals surface area contributed by atoms with E-state index in [4.69, 9.17) is 29.5 Å². The van der Waals surface area contributed by atoms with Gasteiger partial charge in [0.2, 0.25) is 0 Å². The van der Waals surface area contributed by atoms with Crippen molar-refractivity contribution in [2.24, 2.45) is 0 Å². The second kappa shape index (κ2) is 15.1. The Hall–Kier alpha value is -0.990. The summed E-state index contributed by atoms with van der Waals surface area (Å²) in [5.41, 5.74) is 0.176. The quantitative estimate of drug-likeness (QED) is 0.294. The van der Waals surface area contributed by atoms with Crippen LogP contribution in [0.5, 0.6) is 0 Å². The van der Waals surface area contributed by atoms with Crippen molar-refractivity contribution >= 4 is 5.97 Å². The summed E-state index contributed by atoms with van der Waals surface area (Å²) in [5, 5.41) is 25.0. The molecule has 0 fully saturated rings. The third kappa shape index (κ3) is 17.0. The van der Waals surface area contributed by atoms with E-state index >= 15 is 0 Å². The third-order valence-electron chi connectivity index (χ3n) is 1.63. The van der Waals surface area contributed by atoms with E-state index in [1.54, 1.807) is 0 Å². The molecule has 0 aromatic heterocycles. The highest BCUT2D eigenvalue weighted by Gasteiger charge is 2.05. The lowest BCUT2D eigenvalue weighted by molar-refractivity contribution is -0.166. The molecule has 0 aromatic carbocycles. The highest BCUT2D eigenvalue weighted by molar-refractivity contribution is 5.84. The number of carboxylic acids is 1. The van der Waals surface area contributed by atoms with Crippen LogP contribution in [-0.4, -0.2) is 67.2 Å². The minimum Gasteiger partial charge on any atom is -0.478 e. The van der Waals surface area contributed by atoms with Crippen LogP contribution < -0.4 is 0 Å². The molecule has 0 amide bonds. The predicted molar refractivity (Wildman–Crippen MR) is 68.8 cm³/mol. The van der Waals surface area contributed by atoms with Crippen LogP contribution in [0.2, 0.25) is 0 Å². The van der Waals surface area contributed by atoms with Gasteiger partial charge in [0.15, 0.2) is 6.29 Å². The maximum absolute atomic E-state index is 9.60. The Morgan fingerprint density at radius 1 is 1.21 bits per heavy atom. The maximum atomic E-state index is 9.60. The van der Waals surface area contributed by atoms with Crippen LogP contribution in [0.4, 0.5) is 0 Å². The van der Waals surface area contributed by atoms with Gasteiger partial charge >= 0.3 is 5.97 Å². The summed E-state index contributed by atoms with van der Waals surface area (Å²) >= 11 is 0. The van der Waals surface area contributed by atoms with Crippen molar-refractivity contribution in [3.8, 4) is 0 Å². The van der Waals surface area contributed by atoms with Crippen LogP contribution in [0, 0.1) is 0 Å². The molecule has 3 N–H and O–H groups in total. The monoisotopic (exact) mass is 280 g/mol. The van der Waals surface area contributed by atoms with E-state index < -0.39 is 12.3 Å². The molecule has 0 bridgehead atoms. The Morgan fingerprint density at radius 2 is 1.79 bits per heavy atom. The van der Waals surface area contributed by atoms with Crippen molar-refractivity contribution < 1.29 is 34.3 Å². The van der Waals surface area contributed by atoms with Gasteiger partial charge in [-0.15, -0.1) is 0 Å². The molecule has 114 valence electrons. The third-order valence-corrected chi connectivity index (χ3v) is 1.63. The van der Waals surface area contributed by atoms with Gasteiger partial charge < -0.3 is 29.5 Å². The molecular formula is C12H24O7. The van der Waals surface area contributed by atoms with Crippen molar-refractivity contribution in [1.29, 1.82) is 0 Å². The minimum atomic E-state index is -0.935. The first kappa shape index (κ1) is 20.3. The van der Waals surface area contributed by atoms with Crippen LogP contribution in [0.1, 0.15) is 13.8 Å². The zero-order valence-corrected chi connectivity index (χ0v) is 11.5. The topological polar surface area (TPSA) is 105 Å². The molecule has 0 aliphatic rings. The number of ether oxygens (including phenoxy) is 3. The molecule has 0 radical (unpaired) electrons. The molecule has 0 saturated carbocycles. The number of aliphatic hydroxyl groups is 2. The van der Waals surface area contributed by atoms with Crippen molar-refractivity contribution in [2.45, 2.75) is 20.1 Å². The lowest BCUT2D eigenvalue weighted by Crippen LogP contribution is -2.23. The molecule has 0 rings (SSSR count). The molecule has 0 saturated heterocycles. The van der Waals surface area contributed by atoms with Crippen molar-refractivity contribution in [3.63, 3.8) is 0 Å². The van der Waals surface area contributed by atoms with E-state index in [1.807, 2.05) is 6.92 Å². The highest BCUT2D eigenvalue weighted by Crippen LogP contribution is 1.93. The van der Waals surface area contributed by atoms with Crippen LogP contribution in [0.25, 0.3) is 0 Å². The van der Waals surface area contributed by atoms with Crippen LogP contribution in [-0.2, 0) is 19.0 Å². The van der Waals surface area contributed by atoms with Gasteiger partial charge in [0, 0.05) is 12.2 Å². The molecule has 0 heterocycles. The summed E-state index contributed by atoms with van der Waals surface area (Å²) in [6.45, 7) is 7.83. The largest absolute Gasteiger partial charge is 0.478 e. The van der Waals surface area contributed by atoms with Gasteiger partial charge in [-0.3, -0.25) is 0 Å². The molecule has 1 atom stereocenters. The summed E-state index contributed by atoms with van der Waals surface area (Å²) < 4.78 is 15.1. The van der Waals surface area contributed by atoms with Gasteiger partial charge in [-0.1, -0.05) is 6.58 Å². The van der Waals surface area contributed by atoms with Gasteiger partial charge in [-0.25, -0.2) is 4.79 Å². The Labute approximate surface area is 113 Å². The zero-order valence-electron chi connectivity index (χ0n) is 11.5. The second-order valence-corrected chi connectivity index (χ2v) is 3.36. The van der Waals surface area contributed by atoms with E-state index in [2.05, 4.69) is 6.58 Å². The molecule has 0 spiro atoms. The van der Waals surface area contributed by atoms with Crippen LogP contribution in [0.3, 0.4) is 0 Å². The highest BCUT2D eigenvalue weighted by atomic mass is 16.7. The Bertz CT molecular complexity index is 218.